The first-order chi connectivity index (χ1) is 9.92. The summed E-state index contributed by atoms with van der Waals surface area (Å²) in [6, 6.07) is 5.33. The monoisotopic (exact) mass is 306 g/mol. The van der Waals surface area contributed by atoms with E-state index in [1.165, 1.54) is 0 Å². The van der Waals surface area contributed by atoms with Crippen molar-refractivity contribution in [2.24, 2.45) is 0 Å². The third-order valence-corrected chi connectivity index (χ3v) is 2.93. The van der Waals surface area contributed by atoms with E-state index in [-0.39, 0.29) is 11.3 Å². The Morgan fingerprint density at radius 3 is 2.05 bits per heavy atom. The minimum absolute atomic E-state index is 0.144. The predicted molar refractivity (Wildman–Crippen MR) is 88.4 cm³/mol. The fraction of sp³-hybridized carbons (Fsp3) is 0.529. The van der Waals surface area contributed by atoms with Gasteiger partial charge in [-0.15, -0.1) is 0 Å². The third-order valence-electron chi connectivity index (χ3n) is 2.93. The van der Waals surface area contributed by atoms with E-state index in [0.717, 1.165) is 5.56 Å². The van der Waals surface area contributed by atoms with Crippen molar-refractivity contribution in [2.75, 3.05) is 12.4 Å². The predicted octanol–water partition coefficient (Wildman–Crippen LogP) is 3.69. The largest absolute Gasteiger partial charge is 0.444 e. The Morgan fingerprint density at radius 2 is 1.59 bits per heavy atom. The van der Waals surface area contributed by atoms with Crippen molar-refractivity contribution in [2.45, 2.75) is 52.6 Å². The van der Waals surface area contributed by atoms with Crippen molar-refractivity contribution in [1.29, 1.82) is 0 Å². The second-order valence-corrected chi connectivity index (χ2v) is 7.26. The highest BCUT2D eigenvalue weighted by atomic mass is 16.6. The average molecular weight is 306 g/mol. The molecule has 2 amide bonds. The van der Waals surface area contributed by atoms with Crippen LogP contribution in [0.1, 0.15) is 57.5 Å². The van der Waals surface area contributed by atoms with Crippen LogP contribution in [0.2, 0.25) is 0 Å². The van der Waals surface area contributed by atoms with Gasteiger partial charge in [-0.2, -0.15) is 0 Å². The zero-order valence-electron chi connectivity index (χ0n) is 14.5. The van der Waals surface area contributed by atoms with Crippen molar-refractivity contribution in [3.63, 3.8) is 0 Å². The third kappa shape index (κ3) is 5.39. The molecule has 0 spiro atoms. The van der Waals surface area contributed by atoms with Crippen molar-refractivity contribution in [1.82, 2.24) is 5.32 Å². The molecule has 0 aromatic heterocycles. The first kappa shape index (κ1) is 18.0. The Bertz CT molecular complexity index is 566. The lowest BCUT2D eigenvalue weighted by atomic mass is 9.85. The SMILES string of the molecule is CNC(=O)c1cc(NC(=O)OC(C)(C)C)cc(C(C)(C)C)c1. The normalized spacial score (nSPS) is 11.8. The van der Waals surface area contributed by atoms with Crippen LogP contribution < -0.4 is 10.6 Å². The van der Waals surface area contributed by atoms with Gasteiger partial charge in [-0.05, 0) is 49.9 Å². The van der Waals surface area contributed by atoms with Crippen LogP contribution in [0.3, 0.4) is 0 Å². The van der Waals surface area contributed by atoms with Gasteiger partial charge in [-0.25, -0.2) is 4.79 Å². The Labute approximate surface area is 132 Å². The Morgan fingerprint density at radius 1 is 1.00 bits per heavy atom. The summed E-state index contributed by atoms with van der Waals surface area (Å²) in [5.74, 6) is -0.196. The van der Waals surface area contributed by atoms with Crippen LogP contribution in [-0.4, -0.2) is 24.6 Å². The molecule has 1 aromatic rings. The Kier molecular flexibility index (Phi) is 5.22. The summed E-state index contributed by atoms with van der Waals surface area (Å²) in [5, 5.41) is 5.28. The van der Waals surface area contributed by atoms with Gasteiger partial charge in [0.2, 0.25) is 0 Å². The van der Waals surface area contributed by atoms with E-state index in [1.54, 1.807) is 33.9 Å². The van der Waals surface area contributed by atoms with E-state index in [9.17, 15) is 9.59 Å². The van der Waals surface area contributed by atoms with Gasteiger partial charge in [0.05, 0.1) is 0 Å². The molecule has 5 nitrogen and oxygen atoms in total. The summed E-state index contributed by atoms with van der Waals surface area (Å²) >= 11 is 0. The molecule has 0 atom stereocenters. The highest BCUT2D eigenvalue weighted by Crippen LogP contribution is 2.27. The minimum atomic E-state index is -0.574. The van der Waals surface area contributed by atoms with Crippen molar-refractivity contribution in [3.05, 3.63) is 29.3 Å². The number of carbonyl (C=O) groups is 2. The van der Waals surface area contributed by atoms with E-state index in [2.05, 4.69) is 10.6 Å². The lowest BCUT2D eigenvalue weighted by Gasteiger charge is -2.23. The minimum Gasteiger partial charge on any atom is -0.444 e. The number of hydrogen-bond acceptors (Lipinski definition) is 3. The summed E-state index contributed by atoms with van der Waals surface area (Å²) in [5.41, 5.74) is 1.28. The molecule has 0 heterocycles. The number of rotatable bonds is 2. The van der Waals surface area contributed by atoms with Gasteiger partial charge in [-0.3, -0.25) is 10.1 Å². The van der Waals surface area contributed by atoms with E-state index in [0.29, 0.717) is 11.3 Å². The molecule has 0 aliphatic carbocycles. The molecule has 2 N–H and O–H groups in total. The summed E-state index contributed by atoms with van der Waals surface area (Å²) in [4.78, 5) is 23.8. The molecule has 0 fully saturated rings. The van der Waals surface area contributed by atoms with Gasteiger partial charge in [0.25, 0.3) is 5.91 Å². The zero-order valence-corrected chi connectivity index (χ0v) is 14.5. The number of carbonyl (C=O) groups excluding carboxylic acids is 2. The molecule has 22 heavy (non-hydrogen) atoms. The smallest absolute Gasteiger partial charge is 0.412 e. The van der Waals surface area contributed by atoms with Gasteiger partial charge >= 0.3 is 6.09 Å². The maximum absolute atomic E-state index is 11.9. The Balaban J connectivity index is 3.13. The van der Waals surface area contributed by atoms with E-state index < -0.39 is 11.7 Å². The molecule has 122 valence electrons. The Hall–Kier alpha value is -2.04. The fourth-order valence-electron chi connectivity index (χ4n) is 1.83. The maximum Gasteiger partial charge on any atom is 0.412 e. The molecule has 0 radical (unpaired) electrons. The quantitative estimate of drug-likeness (QED) is 0.875. The molecule has 1 aromatic carbocycles. The second-order valence-electron chi connectivity index (χ2n) is 7.26. The van der Waals surface area contributed by atoms with Crippen LogP contribution in [0.4, 0.5) is 10.5 Å². The summed E-state index contributed by atoms with van der Waals surface area (Å²) < 4.78 is 5.24. The van der Waals surface area contributed by atoms with Crippen LogP contribution in [0, 0.1) is 0 Å². The van der Waals surface area contributed by atoms with E-state index >= 15 is 0 Å². The van der Waals surface area contributed by atoms with E-state index in [1.807, 2.05) is 32.9 Å². The average Bonchev–Trinajstić information content (AvgIpc) is 2.33. The van der Waals surface area contributed by atoms with Gasteiger partial charge in [-0.1, -0.05) is 20.8 Å². The van der Waals surface area contributed by atoms with Gasteiger partial charge < -0.3 is 10.1 Å². The number of anilines is 1. The molecule has 0 aliphatic rings. The van der Waals surface area contributed by atoms with Crippen molar-refractivity contribution in [3.8, 4) is 0 Å². The molecule has 0 saturated carbocycles. The molecule has 5 heteroatoms. The number of nitrogens with one attached hydrogen (secondary N) is 2. The molecule has 1 rings (SSSR count). The van der Waals surface area contributed by atoms with Crippen LogP contribution in [0.5, 0.6) is 0 Å². The van der Waals surface area contributed by atoms with Gasteiger partial charge in [0.15, 0.2) is 0 Å². The molecular weight excluding hydrogens is 280 g/mol. The molecule has 0 bridgehead atoms. The summed E-state index contributed by atoms with van der Waals surface area (Å²) in [6.45, 7) is 11.5. The van der Waals surface area contributed by atoms with Crippen LogP contribution in [0.15, 0.2) is 18.2 Å². The maximum atomic E-state index is 11.9. The number of benzene rings is 1. The first-order valence-electron chi connectivity index (χ1n) is 7.30. The topological polar surface area (TPSA) is 67.4 Å². The second kappa shape index (κ2) is 6.38. The van der Waals surface area contributed by atoms with Crippen LogP contribution in [0.25, 0.3) is 0 Å². The zero-order chi connectivity index (χ0) is 17.1. The summed E-state index contributed by atoms with van der Waals surface area (Å²) in [6.07, 6.45) is -0.540. The molecule has 0 saturated heterocycles. The molecule has 0 aliphatic heterocycles. The highest BCUT2D eigenvalue weighted by Gasteiger charge is 2.20. The van der Waals surface area contributed by atoms with Crippen molar-refractivity contribution >= 4 is 17.7 Å². The standard InChI is InChI=1S/C17H26N2O3/c1-16(2,3)12-8-11(14(20)18-7)9-13(10-12)19-15(21)22-17(4,5)6/h8-10H,1-7H3,(H,18,20)(H,19,21). The van der Waals surface area contributed by atoms with E-state index in [4.69, 9.17) is 4.74 Å². The molecular formula is C17H26N2O3. The van der Waals surface area contributed by atoms with Gasteiger partial charge in [0.1, 0.15) is 5.60 Å². The number of amides is 2. The first-order valence-corrected chi connectivity index (χ1v) is 7.30. The number of ether oxygens (including phenoxy) is 1. The van der Waals surface area contributed by atoms with Crippen LogP contribution in [-0.2, 0) is 10.2 Å². The fourth-order valence-corrected chi connectivity index (χ4v) is 1.83. The molecule has 0 unspecified atom stereocenters. The van der Waals surface area contributed by atoms with Crippen LogP contribution >= 0.6 is 0 Å². The summed E-state index contributed by atoms with van der Waals surface area (Å²) in [7, 11) is 1.58. The number of hydrogen-bond donors (Lipinski definition) is 2. The van der Waals surface area contributed by atoms with Crippen molar-refractivity contribution < 1.29 is 14.3 Å². The lowest BCUT2D eigenvalue weighted by Crippen LogP contribution is -2.27. The highest BCUT2D eigenvalue weighted by molar-refractivity contribution is 5.96. The van der Waals surface area contributed by atoms with Gasteiger partial charge in [0, 0.05) is 18.3 Å². The lowest BCUT2D eigenvalue weighted by molar-refractivity contribution is 0.0635.